The van der Waals surface area contributed by atoms with Crippen LogP contribution >= 0.6 is 0 Å². The van der Waals surface area contributed by atoms with Gasteiger partial charge in [-0.05, 0) is 64.5 Å². The number of nitrogens with zero attached hydrogens (tertiary/aromatic N) is 1. The van der Waals surface area contributed by atoms with Crippen LogP contribution in [-0.4, -0.2) is 22.8 Å². The molecular formula is C23H33NO2. The summed E-state index contributed by atoms with van der Waals surface area (Å²) < 4.78 is 6.21. The lowest BCUT2D eigenvalue weighted by molar-refractivity contribution is 0.0225. The van der Waals surface area contributed by atoms with Crippen molar-refractivity contribution in [2.24, 2.45) is 0 Å². The number of aryl methyl sites for hydroxylation is 1. The number of fused-ring (bicyclic) bond motifs is 1. The summed E-state index contributed by atoms with van der Waals surface area (Å²) in [6.45, 7) is 11.2. The summed E-state index contributed by atoms with van der Waals surface area (Å²) in [4.78, 5) is 2.46. The first-order valence-corrected chi connectivity index (χ1v) is 10.0. The van der Waals surface area contributed by atoms with Gasteiger partial charge >= 0.3 is 0 Å². The molecule has 3 aliphatic rings. The summed E-state index contributed by atoms with van der Waals surface area (Å²) in [6, 6.07) is 2.64. The van der Waals surface area contributed by atoms with Gasteiger partial charge < -0.3 is 9.84 Å². The third kappa shape index (κ3) is 3.83. The summed E-state index contributed by atoms with van der Waals surface area (Å²) in [5.74, 6) is 1.68. The molecule has 0 spiro atoms. The van der Waals surface area contributed by atoms with Crippen molar-refractivity contribution in [2.45, 2.75) is 77.8 Å². The molecule has 0 amide bonds. The van der Waals surface area contributed by atoms with Crippen LogP contribution < -0.4 is 4.74 Å². The molecule has 0 saturated heterocycles. The van der Waals surface area contributed by atoms with Crippen molar-refractivity contribution in [1.82, 2.24) is 4.90 Å². The van der Waals surface area contributed by atoms with Crippen molar-refractivity contribution in [1.29, 1.82) is 0 Å². The van der Waals surface area contributed by atoms with Crippen molar-refractivity contribution in [3.8, 4) is 11.5 Å². The standard InChI is InChI=1S/C20H27NO2.C3H6/c1-13-5-3-6-15(9-13)19-18(22)10-14(2)17-11-21(12-23-20(17)19)16-7-4-8-16;1-3-2/h9-10,15-16,22H,3-8,11-12H2,1-2H3;3H,1H2,2H3. The van der Waals surface area contributed by atoms with Crippen LogP contribution in [0.25, 0.3) is 0 Å². The van der Waals surface area contributed by atoms with Gasteiger partial charge in [-0.1, -0.05) is 24.1 Å². The number of benzene rings is 1. The molecule has 1 atom stereocenters. The Labute approximate surface area is 158 Å². The van der Waals surface area contributed by atoms with Crippen LogP contribution in [0.4, 0.5) is 0 Å². The van der Waals surface area contributed by atoms with Crippen LogP contribution in [0.15, 0.2) is 30.4 Å². The topological polar surface area (TPSA) is 32.7 Å². The molecule has 1 aromatic rings. The quantitative estimate of drug-likeness (QED) is 0.679. The molecule has 142 valence electrons. The predicted octanol–water partition coefficient (Wildman–Crippen LogP) is 5.81. The number of allylic oxidation sites excluding steroid dienone is 3. The van der Waals surface area contributed by atoms with Crippen LogP contribution in [0, 0.1) is 6.92 Å². The Morgan fingerprint density at radius 3 is 2.58 bits per heavy atom. The van der Waals surface area contributed by atoms with Crippen LogP contribution in [0.1, 0.15) is 75.0 Å². The van der Waals surface area contributed by atoms with Gasteiger partial charge in [-0.3, -0.25) is 4.90 Å². The first-order valence-electron chi connectivity index (χ1n) is 10.0. The molecule has 26 heavy (non-hydrogen) atoms. The zero-order valence-electron chi connectivity index (χ0n) is 16.6. The molecule has 1 saturated carbocycles. The Morgan fingerprint density at radius 1 is 1.23 bits per heavy atom. The van der Waals surface area contributed by atoms with Gasteiger partial charge in [0.2, 0.25) is 0 Å². The fourth-order valence-corrected chi connectivity index (χ4v) is 4.27. The molecule has 0 radical (unpaired) electrons. The molecule has 1 N–H and O–H groups in total. The maximum absolute atomic E-state index is 10.6. The van der Waals surface area contributed by atoms with E-state index in [-0.39, 0.29) is 0 Å². The van der Waals surface area contributed by atoms with Gasteiger partial charge in [-0.15, -0.1) is 6.58 Å². The fraction of sp³-hybridized carbons (Fsp3) is 0.565. The summed E-state index contributed by atoms with van der Waals surface area (Å²) in [6.07, 6.45) is 11.5. The summed E-state index contributed by atoms with van der Waals surface area (Å²) in [7, 11) is 0. The normalized spacial score (nSPS) is 22.9. The lowest BCUT2D eigenvalue weighted by atomic mass is 9.83. The molecule has 4 rings (SSSR count). The average Bonchev–Trinajstić information content (AvgIpc) is 2.54. The molecule has 1 aliphatic heterocycles. The monoisotopic (exact) mass is 355 g/mol. The summed E-state index contributed by atoms with van der Waals surface area (Å²) in [5.41, 5.74) is 4.90. The molecular weight excluding hydrogens is 322 g/mol. The third-order valence-electron chi connectivity index (χ3n) is 5.89. The van der Waals surface area contributed by atoms with Crippen molar-refractivity contribution >= 4 is 0 Å². The SMILES string of the molecule is C=CC.CC1=CC(c2c(O)cc(C)c3c2OCN(C2CCC2)C3)CCC1. The van der Waals surface area contributed by atoms with Crippen LogP contribution in [-0.2, 0) is 6.54 Å². The van der Waals surface area contributed by atoms with E-state index in [9.17, 15) is 5.11 Å². The van der Waals surface area contributed by atoms with Crippen molar-refractivity contribution in [2.75, 3.05) is 6.73 Å². The minimum Gasteiger partial charge on any atom is -0.507 e. The van der Waals surface area contributed by atoms with E-state index < -0.39 is 0 Å². The second-order valence-electron chi connectivity index (χ2n) is 7.96. The smallest absolute Gasteiger partial charge is 0.142 e. The van der Waals surface area contributed by atoms with Gasteiger partial charge in [0.25, 0.3) is 0 Å². The Morgan fingerprint density at radius 2 is 1.96 bits per heavy atom. The first kappa shape index (κ1) is 19.0. The Balaban J connectivity index is 0.000000613. The highest BCUT2D eigenvalue weighted by Gasteiger charge is 2.33. The van der Waals surface area contributed by atoms with E-state index in [2.05, 4.69) is 31.4 Å². The molecule has 0 bridgehead atoms. The van der Waals surface area contributed by atoms with Crippen molar-refractivity contribution in [3.63, 3.8) is 0 Å². The number of rotatable bonds is 2. The Bertz CT molecular complexity index is 688. The van der Waals surface area contributed by atoms with E-state index in [1.807, 2.05) is 13.0 Å². The van der Waals surface area contributed by atoms with Gasteiger partial charge in [0.05, 0.1) is 0 Å². The van der Waals surface area contributed by atoms with Gasteiger partial charge in [-0.2, -0.15) is 0 Å². The van der Waals surface area contributed by atoms with Gasteiger partial charge in [0.15, 0.2) is 0 Å². The highest BCUT2D eigenvalue weighted by atomic mass is 16.5. The van der Waals surface area contributed by atoms with Gasteiger partial charge in [0.1, 0.15) is 18.2 Å². The van der Waals surface area contributed by atoms with E-state index in [1.54, 1.807) is 6.08 Å². The molecule has 1 heterocycles. The number of aromatic hydroxyl groups is 1. The maximum Gasteiger partial charge on any atom is 0.142 e. The number of hydrogen-bond acceptors (Lipinski definition) is 3. The Hall–Kier alpha value is -1.74. The second-order valence-corrected chi connectivity index (χ2v) is 7.96. The molecule has 1 unspecified atom stereocenters. The number of phenolic OH excluding ortho intramolecular Hbond substituents is 1. The second kappa shape index (κ2) is 8.30. The number of hydrogen-bond donors (Lipinski definition) is 1. The average molecular weight is 356 g/mol. The lowest BCUT2D eigenvalue weighted by Crippen LogP contribution is -2.44. The van der Waals surface area contributed by atoms with Crippen LogP contribution in [0.5, 0.6) is 11.5 Å². The van der Waals surface area contributed by atoms with Crippen molar-refractivity contribution < 1.29 is 9.84 Å². The van der Waals surface area contributed by atoms with Crippen molar-refractivity contribution in [3.05, 3.63) is 47.1 Å². The zero-order chi connectivity index (χ0) is 18.7. The molecule has 0 aromatic heterocycles. The number of ether oxygens (including phenoxy) is 1. The van der Waals surface area contributed by atoms with Gasteiger partial charge in [0, 0.05) is 29.6 Å². The minimum atomic E-state index is 0.299. The lowest BCUT2D eigenvalue weighted by Gasteiger charge is -2.41. The van der Waals surface area contributed by atoms with E-state index in [0.717, 1.165) is 29.8 Å². The maximum atomic E-state index is 10.6. The number of phenols is 1. The van der Waals surface area contributed by atoms with E-state index >= 15 is 0 Å². The minimum absolute atomic E-state index is 0.299. The van der Waals surface area contributed by atoms with E-state index in [0.29, 0.717) is 24.4 Å². The fourth-order valence-electron chi connectivity index (χ4n) is 4.27. The molecule has 1 aromatic carbocycles. The van der Waals surface area contributed by atoms with E-state index in [1.165, 1.54) is 43.2 Å². The largest absolute Gasteiger partial charge is 0.507 e. The highest BCUT2D eigenvalue weighted by molar-refractivity contribution is 5.57. The molecule has 3 heteroatoms. The van der Waals surface area contributed by atoms with Gasteiger partial charge in [-0.25, -0.2) is 0 Å². The predicted molar refractivity (Wildman–Crippen MR) is 108 cm³/mol. The van der Waals surface area contributed by atoms with E-state index in [4.69, 9.17) is 4.74 Å². The highest BCUT2D eigenvalue weighted by Crippen LogP contribution is 2.46. The van der Waals surface area contributed by atoms with Crippen LogP contribution in [0.2, 0.25) is 0 Å². The third-order valence-corrected chi connectivity index (χ3v) is 5.89. The first-order chi connectivity index (χ1) is 12.5. The molecule has 2 aliphatic carbocycles. The summed E-state index contributed by atoms with van der Waals surface area (Å²) in [5, 5.41) is 10.6. The Kier molecular flexibility index (Phi) is 6.08. The molecule has 3 nitrogen and oxygen atoms in total. The molecule has 1 fully saturated rings. The summed E-state index contributed by atoms with van der Waals surface area (Å²) >= 11 is 0. The zero-order valence-corrected chi connectivity index (χ0v) is 16.6. The van der Waals surface area contributed by atoms with Crippen LogP contribution in [0.3, 0.4) is 0 Å².